The molecule has 2 heterocycles. The quantitative estimate of drug-likeness (QED) is 0.782. The normalized spacial score (nSPS) is 27.2. The van der Waals surface area contributed by atoms with Gasteiger partial charge in [0.1, 0.15) is 0 Å². The Kier molecular flexibility index (Phi) is 3.99. The van der Waals surface area contributed by atoms with Gasteiger partial charge < -0.3 is 4.90 Å². The summed E-state index contributed by atoms with van der Waals surface area (Å²) in [5, 5.41) is 0.552. The maximum absolute atomic E-state index is 10.9. The van der Waals surface area contributed by atoms with Crippen LogP contribution in [0.1, 0.15) is 36.5 Å². The lowest BCUT2D eigenvalue weighted by Crippen LogP contribution is -2.58. The molecular formula is C16H21ClN2O. The second-order valence-corrected chi connectivity index (χ2v) is 6.38. The molecule has 0 N–H and O–H groups in total. The van der Waals surface area contributed by atoms with Crippen LogP contribution in [0.4, 0.5) is 5.69 Å². The van der Waals surface area contributed by atoms with E-state index >= 15 is 0 Å². The fraction of sp³-hybridized carbons (Fsp3) is 0.562. The third kappa shape index (κ3) is 2.57. The Morgan fingerprint density at radius 3 is 2.90 bits per heavy atom. The molecule has 2 aliphatic rings. The second kappa shape index (κ2) is 5.74. The molecule has 2 fully saturated rings. The van der Waals surface area contributed by atoms with Gasteiger partial charge in [-0.25, -0.2) is 0 Å². The summed E-state index contributed by atoms with van der Waals surface area (Å²) >= 11 is 6.17. The second-order valence-electron chi connectivity index (χ2n) is 5.97. The SMILES string of the molecule is CC1CN2CCCCC2CN1c1ccc(C=O)c(Cl)c1. The Bertz CT molecular complexity index is 505. The molecule has 20 heavy (non-hydrogen) atoms. The number of benzene rings is 1. The van der Waals surface area contributed by atoms with Crippen molar-refractivity contribution in [3.8, 4) is 0 Å². The van der Waals surface area contributed by atoms with Gasteiger partial charge in [0, 0.05) is 36.4 Å². The molecular weight excluding hydrogens is 272 g/mol. The van der Waals surface area contributed by atoms with E-state index in [1.54, 1.807) is 0 Å². The van der Waals surface area contributed by atoms with Gasteiger partial charge in [0.05, 0.1) is 5.02 Å². The van der Waals surface area contributed by atoms with E-state index in [4.69, 9.17) is 11.6 Å². The number of aldehydes is 1. The maximum Gasteiger partial charge on any atom is 0.151 e. The van der Waals surface area contributed by atoms with E-state index in [0.717, 1.165) is 25.1 Å². The number of carbonyl (C=O) groups is 1. The number of hydrogen-bond donors (Lipinski definition) is 0. The Morgan fingerprint density at radius 1 is 1.30 bits per heavy atom. The molecule has 4 heteroatoms. The van der Waals surface area contributed by atoms with Gasteiger partial charge in [-0.2, -0.15) is 0 Å². The van der Waals surface area contributed by atoms with Crippen LogP contribution in [0.3, 0.4) is 0 Å². The van der Waals surface area contributed by atoms with Crippen molar-refractivity contribution in [3.05, 3.63) is 28.8 Å². The van der Waals surface area contributed by atoms with Gasteiger partial charge >= 0.3 is 0 Å². The summed E-state index contributed by atoms with van der Waals surface area (Å²) in [5.41, 5.74) is 1.71. The van der Waals surface area contributed by atoms with Crippen LogP contribution in [0.5, 0.6) is 0 Å². The molecule has 108 valence electrons. The maximum atomic E-state index is 10.9. The van der Waals surface area contributed by atoms with E-state index < -0.39 is 0 Å². The van der Waals surface area contributed by atoms with Crippen molar-refractivity contribution in [1.29, 1.82) is 0 Å². The zero-order chi connectivity index (χ0) is 14.1. The van der Waals surface area contributed by atoms with Crippen LogP contribution in [-0.4, -0.2) is 42.9 Å². The van der Waals surface area contributed by atoms with Crippen LogP contribution in [-0.2, 0) is 0 Å². The Morgan fingerprint density at radius 2 is 2.15 bits per heavy atom. The summed E-state index contributed by atoms with van der Waals surface area (Å²) < 4.78 is 0. The van der Waals surface area contributed by atoms with Crippen molar-refractivity contribution in [1.82, 2.24) is 4.90 Å². The molecule has 0 amide bonds. The molecule has 0 spiro atoms. The molecule has 0 radical (unpaired) electrons. The van der Waals surface area contributed by atoms with E-state index in [1.807, 2.05) is 18.2 Å². The number of fused-ring (bicyclic) bond motifs is 1. The van der Waals surface area contributed by atoms with Gasteiger partial charge in [-0.3, -0.25) is 9.69 Å². The van der Waals surface area contributed by atoms with Gasteiger partial charge in [0.25, 0.3) is 0 Å². The first-order chi connectivity index (χ1) is 9.69. The average Bonchev–Trinajstić information content (AvgIpc) is 2.46. The summed E-state index contributed by atoms with van der Waals surface area (Å²) in [6, 6.07) is 6.93. The highest BCUT2D eigenvalue weighted by Crippen LogP contribution is 2.30. The van der Waals surface area contributed by atoms with Gasteiger partial charge in [-0.05, 0) is 44.5 Å². The molecule has 2 unspecified atom stereocenters. The molecule has 2 atom stereocenters. The summed E-state index contributed by atoms with van der Waals surface area (Å²) in [6.45, 7) is 5.70. The molecule has 0 aromatic heterocycles. The minimum atomic E-state index is 0.488. The number of halogens is 1. The van der Waals surface area contributed by atoms with Crippen molar-refractivity contribution < 1.29 is 4.79 Å². The van der Waals surface area contributed by atoms with Gasteiger partial charge in [0.2, 0.25) is 0 Å². The van der Waals surface area contributed by atoms with Crippen molar-refractivity contribution in [2.45, 2.75) is 38.3 Å². The van der Waals surface area contributed by atoms with E-state index in [0.29, 0.717) is 22.7 Å². The van der Waals surface area contributed by atoms with E-state index in [1.165, 1.54) is 25.8 Å². The van der Waals surface area contributed by atoms with Crippen LogP contribution in [0.2, 0.25) is 5.02 Å². The average molecular weight is 293 g/mol. The number of anilines is 1. The third-order valence-corrected chi connectivity index (χ3v) is 4.96. The lowest BCUT2D eigenvalue weighted by molar-refractivity contribution is 0.112. The first kappa shape index (κ1) is 13.9. The van der Waals surface area contributed by atoms with E-state index in [-0.39, 0.29) is 0 Å². The standard InChI is InChI=1S/C16H21ClN2O/c1-12-9-18-7-3-2-4-15(18)10-19(12)14-6-5-13(11-20)16(17)8-14/h5-6,8,11-12,15H,2-4,7,9-10H2,1H3. The van der Waals surface area contributed by atoms with Crippen molar-refractivity contribution in [2.75, 3.05) is 24.5 Å². The van der Waals surface area contributed by atoms with Crippen molar-refractivity contribution in [3.63, 3.8) is 0 Å². The Labute approximate surface area is 125 Å². The molecule has 1 aromatic carbocycles. The molecule has 3 rings (SSSR count). The Balaban J connectivity index is 1.82. The van der Waals surface area contributed by atoms with Crippen LogP contribution in [0, 0.1) is 0 Å². The van der Waals surface area contributed by atoms with Crippen LogP contribution in [0.15, 0.2) is 18.2 Å². The predicted octanol–water partition coefficient (Wildman–Crippen LogP) is 3.22. The van der Waals surface area contributed by atoms with Crippen molar-refractivity contribution in [2.24, 2.45) is 0 Å². The third-order valence-electron chi connectivity index (χ3n) is 4.63. The summed E-state index contributed by atoms with van der Waals surface area (Å²) in [5.74, 6) is 0. The highest BCUT2D eigenvalue weighted by molar-refractivity contribution is 6.33. The topological polar surface area (TPSA) is 23.6 Å². The van der Waals surface area contributed by atoms with Crippen molar-refractivity contribution >= 4 is 23.6 Å². The fourth-order valence-corrected chi connectivity index (χ4v) is 3.72. The smallest absolute Gasteiger partial charge is 0.151 e. The zero-order valence-corrected chi connectivity index (χ0v) is 12.6. The highest BCUT2D eigenvalue weighted by atomic mass is 35.5. The summed E-state index contributed by atoms with van der Waals surface area (Å²) in [6.07, 6.45) is 4.79. The molecule has 3 nitrogen and oxygen atoms in total. The lowest BCUT2D eigenvalue weighted by Gasteiger charge is -2.48. The van der Waals surface area contributed by atoms with Crippen LogP contribution in [0.25, 0.3) is 0 Å². The van der Waals surface area contributed by atoms with E-state index in [2.05, 4.69) is 16.7 Å². The first-order valence-corrected chi connectivity index (χ1v) is 7.82. The number of rotatable bonds is 2. The molecule has 2 aliphatic heterocycles. The molecule has 0 saturated carbocycles. The Hall–Kier alpha value is -1.06. The largest absolute Gasteiger partial charge is 0.366 e. The summed E-state index contributed by atoms with van der Waals surface area (Å²) in [7, 11) is 0. The van der Waals surface area contributed by atoms with Crippen LogP contribution >= 0.6 is 11.6 Å². The van der Waals surface area contributed by atoms with Gasteiger partial charge in [-0.15, -0.1) is 0 Å². The lowest BCUT2D eigenvalue weighted by atomic mass is 9.96. The molecule has 0 aliphatic carbocycles. The number of nitrogens with zero attached hydrogens (tertiary/aromatic N) is 2. The number of carbonyl (C=O) groups excluding carboxylic acids is 1. The van der Waals surface area contributed by atoms with Crippen LogP contribution < -0.4 is 4.90 Å². The van der Waals surface area contributed by atoms with E-state index in [9.17, 15) is 4.79 Å². The van der Waals surface area contributed by atoms with Gasteiger partial charge in [0.15, 0.2) is 6.29 Å². The summed E-state index contributed by atoms with van der Waals surface area (Å²) in [4.78, 5) is 15.9. The minimum Gasteiger partial charge on any atom is -0.366 e. The monoisotopic (exact) mass is 292 g/mol. The highest BCUT2D eigenvalue weighted by Gasteiger charge is 2.33. The number of piperazine rings is 1. The molecule has 1 aromatic rings. The number of hydrogen-bond acceptors (Lipinski definition) is 3. The molecule has 0 bridgehead atoms. The number of piperidine rings is 1. The molecule has 2 saturated heterocycles. The first-order valence-electron chi connectivity index (χ1n) is 7.44. The van der Waals surface area contributed by atoms with Gasteiger partial charge in [-0.1, -0.05) is 18.0 Å². The zero-order valence-electron chi connectivity index (χ0n) is 11.9. The fourth-order valence-electron chi connectivity index (χ4n) is 3.50. The predicted molar refractivity (Wildman–Crippen MR) is 82.9 cm³/mol. The minimum absolute atomic E-state index is 0.488.